The van der Waals surface area contributed by atoms with E-state index in [9.17, 15) is 9.59 Å². The summed E-state index contributed by atoms with van der Waals surface area (Å²) in [6, 6.07) is 25.3. The lowest BCUT2D eigenvalue weighted by Crippen LogP contribution is -2.47. The molecule has 32 heavy (non-hydrogen) atoms. The first-order valence-electron chi connectivity index (χ1n) is 10.6. The molecule has 1 atom stereocenters. The van der Waals surface area contributed by atoms with E-state index in [-0.39, 0.29) is 11.8 Å². The molecule has 156 valence electrons. The number of rotatable bonds is 3. The van der Waals surface area contributed by atoms with Gasteiger partial charge in [-0.3, -0.25) is 9.59 Å². The number of anilines is 1. The third-order valence-corrected chi connectivity index (χ3v) is 6.10. The molecule has 3 aromatic carbocycles. The fraction of sp³-hybridized carbons (Fsp3) is 0.115. The van der Waals surface area contributed by atoms with Crippen LogP contribution in [0.2, 0.25) is 0 Å². The Morgan fingerprint density at radius 2 is 1.81 bits per heavy atom. The van der Waals surface area contributed by atoms with Gasteiger partial charge in [0.1, 0.15) is 5.69 Å². The SMILES string of the molecule is O=C(N[C@H]1N=C(c2ccccc2)c2cccc3c2N(CC3)C1=O)c1cc2ccccc2[nH]1. The molecule has 0 aliphatic carbocycles. The highest BCUT2D eigenvalue weighted by molar-refractivity contribution is 6.21. The van der Waals surface area contributed by atoms with Crippen LogP contribution in [-0.4, -0.2) is 35.2 Å². The first-order chi connectivity index (χ1) is 15.7. The van der Waals surface area contributed by atoms with E-state index < -0.39 is 6.17 Å². The molecule has 4 aromatic rings. The highest BCUT2D eigenvalue weighted by Crippen LogP contribution is 2.36. The number of hydrogen-bond donors (Lipinski definition) is 2. The van der Waals surface area contributed by atoms with Crippen LogP contribution in [0.3, 0.4) is 0 Å². The molecule has 2 aliphatic rings. The van der Waals surface area contributed by atoms with E-state index in [4.69, 9.17) is 4.99 Å². The van der Waals surface area contributed by atoms with Gasteiger partial charge in [0, 0.05) is 28.6 Å². The highest BCUT2D eigenvalue weighted by atomic mass is 16.2. The van der Waals surface area contributed by atoms with Crippen LogP contribution in [0.5, 0.6) is 0 Å². The van der Waals surface area contributed by atoms with E-state index in [1.165, 1.54) is 0 Å². The number of H-pyrrole nitrogens is 1. The summed E-state index contributed by atoms with van der Waals surface area (Å²) in [5.41, 5.74) is 5.84. The van der Waals surface area contributed by atoms with Gasteiger partial charge in [-0.15, -0.1) is 0 Å². The number of nitrogens with one attached hydrogen (secondary N) is 2. The average molecular weight is 420 g/mol. The Bertz CT molecular complexity index is 1370. The van der Waals surface area contributed by atoms with Crippen molar-refractivity contribution in [2.24, 2.45) is 4.99 Å². The first kappa shape index (κ1) is 18.6. The van der Waals surface area contributed by atoms with E-state index in [2.05, 4.69) is 16.4 Å². The van der Waals surface area contributed by atoms with Crippen LogP contribution in [0.4, 0.5) is 5.69 Å². The predicted octanol–water partition coefficient (Wildman–Crippen LogP) is 3.66. The Kier molecular flexibility index (Phi) is 4.18. The number of carbonyl (C=O) groups excluding carboxylic acids is 2. The lowest BCUT2D eigenvalue weighted by molar-refractivity contribution is -0.120. The molecule has 2 N–H and O–H groups in total. The normalized spacial score (nSPS) is 17.1. The van der Waals surface area contributed by atoms with Gasteiger partial charge in [-0.2, -0.15) is 0 Å². The third-order valence-electron chi connectivity index (χ3n) is 6.10. The standard InChI is InChI=1S/C26H20N4O2/c31-25(21-15-18-9-4-5-12-20(18)27-21)29-24-26(32)30-14-13-17-10-6-11-19(23(17)30)22(28-24)16-7-2-1-3-8-16/h1-12,15,24,27H,13-14H2,(H,29,31)/t24-/m1/s1. The van der Waals surface area contributed by atoms with E-state index in [0.29, 0.717) is 18.0 Å². The smallest absolute Gasteiger partial charge is 0.272 e. The maximum atomic E-state index is 13.5. The van der Waals surface area contributed by atoms with Crippen molar-refractivity contribution in [3.63, 3.8) is 0 Å². The molecule has 1 aromatic heterocycles. The number of para-hydroxylation sites is 2. The van der Waals surface area contributed by atoms with Crippen molar-refractivity contribution >= 4 is 34.1 Å². The van der Waals surface area contributed by atoms with Crippen LogP contribution >= 0.6 is 0 Å². The number of aliphatic imine (C=N–C) groups is 1. The summed E-state index contributed by atoms with van der Waals surface area (Å²) in [4.78, 5) is 36.2. The topological polar surface area (TPSA) is 77.6 Å². The molecule has 2 amide bonds. The maximum absolute atomic E-state index is 13.5. The molecule has 6 rings (SSSR count). The van der Waals surface area contributed by atoms with Gasteiger partial charge in [-0.1, -0.05) is 66.7 Å². The second-order valence-electron chi connectivity index (χ2n) is 8.04. The number of aromatic nitrogens is 1. The van der Waals surface area contributed by atoms with E-state index >= 15 is 0 Å². The molecule has 0 saturated heterocycles. The number of fused-ring (bicyclic) bond motifs is 1. The van der Waals surface area contributed by atoms with Gasteiger partial charge >= 0.3 is 0 Å². The molecule has 2 aliphatic heterocycles. The Labute approximate surface area is 184 Å². The van der Waals surface area contributed by atoms with Crippen LogP contribution < -0.4 is 10.2 Å². The van der Waals surface area contributed by atoms with Crippen LogP contribution in [0, 0.1) is 0 Å². The first-order valence-corrected chi connectivity index (χ1v) is 10.6. The van der Waals surface area contributed by atoms with Crippen molar-refractivity contribution in [2.75, 3.05) is 11.4 Å². The number of carbonyl (C=O) groups is 2. The van der Waals surface area contributed by atoms with Crippen LogP contribution in [0.25, 0.3) is 10.9 Å². The second kappa shape index (κ2) is 7.20. The molecule has 0 fully saturated rings. The molecule has 0 saturated carbocycles. The van der Waals surface area contributed by atoms with Crippen molar-refractivity contribution < 1.29 is 9.59 Å². The number of amides is 2. The van der Waals surface area contributed by atoms with Gasteiger partial charge < -0.3 is 15.2 Å². The quantitative estimate of drug-likeness (QED) is 0.531. The summed E-state index contributed by atoms with van der Waals surface area (Å²) in [5, 5.41) is 3.80. The zero-order valence-corrected chi connectivity index (χ0v) is 17.2. The minimum absolute atomic E-state index is 0.216. The largest absolute Gasteiger partial charge is 0.351 e. The zero-order valence-electron chi connectivity index (χ0n) is 17.2. The number of nitrogens with zero attached hydrogens (tertiary/aromatic N) is 2. The summed E-state index contributed by atoms with van der Waals surface area (Å²) < 4.78 is 0. The van der Waals surface area contributed by atoms with Crippen molar-refractivity contribution in [1.29, 1.82) is 0 Å². The van der Waals surface area contributed by atoms with Crippen molar-refractivity contribution in [3.8, 4) is 0 Å². The maximum Gasteiger partial charge on any atom is 0.272 e. The molecule has 3 heterocycles. The van der Waals surface area contributed by atoms with Gasteiger partial charge in [-0.05, 0) is 24.1 Å². The molecule has 0 bridgehead atoms. The van der Waals surface area contributed by atoms with Gasteiger partial charge in [0.15, 0.2) is 0 Å². The van der Waals surface area contributed by atoms with Crippen LogP contribution in [-0.2, 0) is 11.2 Å². The minimum Gasteiger partial charge on any atom is -0.351 e. The molecule has 0 spiro atoms. The molecule has 6 heteroatoms. The number of aromatic amines is 1. The number of hydrogen-bond acceptors (Lipinski definition) is 3. The van der Waals surface area contributed by atoms with E-state index in [0.717, 1.165) is 39.7 Å². The Morgan fingerprint density at radius 3 is 2.66 bits per heavy atom. The average Bonchev–Trinajstić information content (AvgIpc) is 3.43. The third kappa shape index (κ3) is 2.92. The van der Waals surface area contributed by atoms with Crippen molar-refractivity contribution in [3.05, 3.63) is 101 Å². The minimum atomic E-state index is -1.01. The molecular formula is C26H20N4O2. The summed E-state index contributed by atoms with van der Waals surface area (Å²) in [6.45, 7) is 0.585. The Morgan fingerprint density at radius 1 is 1.00 bits per heavy atom. The van der Waals surface area contributed by atoms with Gasteiger partial charge in [0.2, 0.25) is 6.17 Å². The second-order valence-corrected chi connectivity index (χ2v) is 8.04. The van der Waals surface area contributed by atoms with Crippen molar-refractivity contribution in [1.82, 2.24) is 10.3 Å². The van der Waals surface area contributed by atoms with E-state index in [1.807, 2.05) is 66.7 Å². The van der Waals surface area contributed by atoms with Gasteiger partial charge in [-0.25, -0.2) is 4.99 Å². The summed E-state index contributed by atoms with van der Waals surface area (Å²) in [7, 11) is 0. The molecule has 0 unspecified atom stereocenters. The Balaban J connectivity index is 1.43. The monoisotopic (exact) mass is 420 g/mol. The lowest BCUT2D eigenvalue weighted by Gasteiger charge is -2.20. The fourth-order valence-electron chi connectivity index (χ4n) is 4.59. The lowest BCUT2D eigenvalue weighted by atomic mass is 9.98. The Hall–Kier alpha value is -4.19. The predicted molar refractivity (Wildman–Crippen MR) is 124 cm³/mol. The van der Waals surface area contributed by atoms with Gasteiger partial charge in [0.05, 0.1) is 11.4 Å². The summed E-state index contributed by atoms with van der Waals surface area (Å²) in [5.74, 6) is -0.576. The molecule has 6 nitrogen and oxygen atoms in total. The van der Waals surface area contributed by atoms with Gasteiger partial charge in [0.25, 0.3) is 11.8 Å². The summed E-state index contributed by atoms with van der Waals surface area (Å²) in [6.07, 6.45) is -0.220. The zero-order chi connectivity index (χ0) is 21.7. The number of benzene rings is 3. The summed E-state index contributed by atoms with van der Waals surface area (Å²) >= 11 is 0. The van der Waals surface area contributed by atoms with Crippen LogP contribution in [0.15, 0.2) is 83.9 Å². The van der Waals surface area contributed by atoms with Crippen LogP contribution in [0.1, 0.15) is 27.2 Å². The molecule has 0 radical (unpaired) electrons. The van der Waals surface area contributed by atoms with E-state index in [1.54, 1.807) is 11.0 Å². The van der Waals surface area contributed by atoms with Crippen molar-refractivity contribution in [2.45, 2.75) is 12.6 Å². The molecular weight excluding hydrogens is 400 g/mol. The highest BCUT2D eigenvalue weighted by Gasteiger charge is 2.37. The fourth-order valence-corrected chi connectivity index (χ4v) is 4.59.